The summed E-state index contributed by atoms with van der Waals surface area (Å²) >= 11 is 0. The molecule has 0 aliphatic rings. The molecule has 1 atom stereocenters. The molecule has 0 aliphatic heterocycles. The van der Waals surface area contributed by atoms with Crippen LogP contribution in [0.3, 0.4) is 0 Å². The molecule has 0 saturated heterocycles. The molecule has 3 N–H and O–H groups in total. The fraction of sp³-hybridized carbons (Fsp3) is 0.933. The fourth-order valence-corrected chi connectivity index (χ4v) is 2.15. The van der Waals surface area contributed by atoms with Crippen LogP contribution in [0.4, 0.5) is 0 Å². The molecule has 0 amide bonds. The predicted octanol–water partition coefficient (Wildman–Crippen LogP) is 3.72. The summed E-state index contributed by atoms with van der Waals surface area (Å²) in [4.78, 5) is 10.5. The van der Waals surface area contributed by atoms with E-state index in [9.17, 15) is 4.79 Å². The number of hydrogen-bond donors (Lipinski definition) is 2. The molecule has 0 aromatic rings. The predicted molar refractivity (Wildman–Crippen MR) is 82.4 cm³/mol. The third-order valence-corrected chi connectivity index (χ3v) is 3.44. The maximum atomic E-state index is 10.5. The quantitative estimate of drug-likeness (QED) is 0.399. The smallest absolute Gasteiger partial charge is 0.320 e. The summed E-state index contributed by atoms with van der Waals surface area (Å²) < 4.78 is 0. The van der Waals surface area contributed by atoms with Crippen LogP contribution < -0.4 is 5.73 Å². The molecular weight excluding hydrogens is 249 g/mol. The van der Waals surface area contributed by atoms with Crippen LogP contribution in [-0.4, -0.2) is 46.7 Å². The molecular formula is C15H31NNaO2. The van der Waals surface area contributed by atoms with Gasteiger partial charge in [-0.2, -0.15) is 0 Å². The molecule has 1 unspecified atom stereocenters. The van der Waals surface area contributed by atoms with Crippen molar-refractivity contribution in [1.82, 2.24) is 0 Å². The number of hydrogen-bond acceptors (Lipinski definition) is 2. The molecule has 0 rings (SSSR count). The van der Waals surface area contributed by atoms with Gasteiger partial charge in [0.05, 0.1) is 0 Å². The van der Waals surface area contributed by atoms with Gasteiger partial charge in [0.2, 0.25) is 0 Å². The van der Waals surface area contributed by atoms with E-state index in [1.807, 2.05) is 0 Å². The number of carboxylic acids is 1. The van der Waals surface area contributed by atoms with Crippen LogP contribution in [-0.2, 0) is 4.79 Å². The first kappa shape index (κ1) is 21.7. The van der Waals surface area contributed by atoms with Gasteiger partial charge in [-0.1, -0.05) is 77.6 Å². The largest absolute Gasteiger partial charge is 0.480 e. The maximum Gasteiger partial charge on any atom is 0.320 e. The number of aliphatic carboxylic acids is 1. The summed E-state index contributed by atoms with van der Waals surface area (Å²) in [5.41, 5.74) is 5.44. The van der Waals surface area contributed by atoms with E-state index in [0.29, 0.717) is 6.42 Å². The van der Waals surface area contributed by atoms with Crippen molar-refractivity contribution in [1.29, 1.82) is 0 Å². The van der Waals surface area contributed by atoms with Crippen LogP contribution in [0, 0.1) is 0 Å². The first-order valence-corrected chi connectivity index (χ1v) is 7.67. The van der Waals surface area contributed by atoms with Crippen molar-refractivity contribution >= 4 is 35.5 Å². The van der Waals surface area contributed by atoms with Crippen LogP contribution >= 0.6 is 0 Å². The Bertz CT molecular complexity index is 201. The molecule has 0 fully saturated rings. The second-order valence-electron chi connectivity index (χ2n) is 5.27. The number of rotatable bonds is 13. The number of nitrogens with two attached hydrogens (primary N) is 1. The minimum Gasteiger partial charge on any atom is -0.480 e. The molecule has 0 aromatic carbocycles. The van der Waals surface area contributed by atoms with E-state index >= 15 is 0 Å². The zero-order chi connectivity index (χ0) is 13.6. The normalized spacial score (nSPS) is 11.9. The zero-order valence-electron chi connectivity index (χ0n) is 13.0. The summed E-state index contributed by atoms with van der Waals surface area (Å²) in [6, 6.07) is -0.663. The Labute approximate surface area is 141 Å². The summed E-state index contributed by atoms with van der Waals surface area (Å²) in [6.45, 7) is 2.25. The third-order valence-electron chi connectivity index (χ3n) is 3.44. The van der Waals surface area contributed by atoms with Gasteiger partial charge in [-0.05, 0) is 6.42 Å². The third kappa shape index (κ3) is 16.4. The number of carboxylic acid groups (broad SMARTS) is 1. The molecule has 0 aromatic heterocycles. The van der Waals surface area contributed by atoms with Gasteiger partial charge in [0.25, 0.3) is 0 Å². The molecule has 0 bridgehead atoms. The van der Waals surface area contributed by atoms with Crippen molar-refractivity contribution in [2.75, 3.05) is 0 Å². The molecule has 1 radical (unpaired) electrons. The van der Waals surface area contributed by atoms with Gasteiger partial charge in [0.15, 0.2) is 0 Å². The molecule has 109 valence electrons. The topological polar surface area (TPSA) is 63.3 Å². The Morgan fingerprint density at radius 3 is 1.63 bits per heavy atom. The van der Waals surface area contributed by atoms with Crippen LogP contribution in [0.1, 0.15) is 84.0 Å². The van der Waals surface area contributed by atoms with Crippen LogP contribution in [0.25, 0.3) is 0 Å². The van der Waals surface area contributed by atoms with Gasteiger partial charge in [-0.15, -0.1) is 0 Å². The van der Waals surface area contributed by atoms with E-state index in [1.54, 1.807) is 0 Å². The summed E-state index contributed by atoms with van der Waals surface area (Å²) in [7, 11) is 0. The van der Waals surface area contributed by atoms with E-state index in [0.717, 1.165) is 12.8 Å². The van der Waals surface area contributed by atoms with Crippen molar-refractivity contribution in [3.63, 3.8) is 0 Å². The number of unbranched alkanes of at least 4 members (excludes halogenated alkanes) is 10. The second-order valence-corrected chi connectivity index (χ2v) is 5.27. The molecule has 0 aliphatic carbocycles. The van der Waals surface area contributed by atoms with Crippen molar-refractivity contribution < 1.29 is 9.90 Å². The van der Waals surface area contributed by atoms with Crippen molar-refractivity contribution in [2.24, 2.45) is 5.73 Å². The Kier molecular flexibility index (Phi) is 18.8. The van der Waals surface area contributed by atoms with Crippen molar-refractivity contribution in [3.8, 4) is 0 Å². The monoisotopic (exact) mass is 280 g/mol. The minimum atomic E-state index is -0.873. The second kappa shape index (κ2) is 16.5. The maximum absolute atomic E-state index is 10.5. The Hall–Kier alpha value is 0.430. The summed E-state index contributed by atoms with van der Waals surface area (Å²) in [6.07, 6.45) is 14.7. The Morgan fingerprint density at radius 1 is 0.895 bits per heavy atom. The minimum absolute atomic E-state index is 0. The van der Waals surface area contributed by atoms with E-state index in [1.165, 1.54) is 57.8 Å². The van der Waals surface area contributed by atoms with Crippen molar-refractivity contribution in [2.45, 2.75) is 90.0 Å². The van der Waals surface area contributed by atoms with Gasteiger partial charge in [-0.3, -0.25) is 4.79 Å². The molecule has 3 nitrogen and oxygen atoms in total. The first-order chi connectivity index (χ1) is 8.68. The summed E-state index contributed by atoms with van der Waals surface area (Å²) in [5.74, 6) is -0.873. The van der Waals surface area contributed by atoms with Gasteiger partial charge in [-0.25, -0.2) is 0 Å². The Balaban J connectivity index is 0. The van der Waals surface area contributed by atoms with E-state index < -0.39 is 12.0 Å². The average molecular weight is 280 g/mol. The summed E-state index contributed by atoms with van der Waals surface area (Å²) in [5, 5.41) is 8.62. The SMILES string of the molecule is CCCCCCCCCCCCCC(N)C(=O)O.[Na]. The fourth-order valence-electron chi connectivity index (χ4n) is 2.15. The first-order valence-electron chi connectivity index (χ1n) is 7.67. The van der Waals surface area contributed by atoms with Gasteiger partial charge in [0, 0.05) is 29.6 Å². The van der Waals surface area contributed by atoms with Crippen LogP contribution in [0.2, 0.25) is 0 Å². The van der Waals surface area contributed by atoms with Crippen molar-refractivity contribution in [3.05, 3.63) is 0 Å². The molecule has 0 spiro atoms. The van der Waals surface area contributed by atoms with Crippen LogP contribution in [0.15, 0.2) is 0 Å². The zero-order valence-corrected chi connectivity index (χ0v) is 15.0. The Morgan fingerprint density at radius 2 is 1.26 bits per heavy atom. The number of carbonyl (C=O) groups is 1. The van der Waals surface area contributed by atoms with Gasteiger partial charge < -0.3 is 10.8 Å². The average Bonchev–Trinajstić information content (AvgIpc) is 2.35. The van der Waals surface area contributed by atoms with E-state index in [4.69, 9.17) is 10.8 Å². The standard InChI is InChI=1S/C15H31NO2.Na/c1-2-3-4-5-6-7-8-9-10-11-12-13-14(16)15(17)18;/h14H,2-13,16H2,1H3,(H,17,18);. The molecule has 4 heteroatoms. The van der Waals surface area contributed by atoms with Gasteiger partial charge >= 0.3 is 5.97 Å². The molecule has 19 heavy (non-hydrogen) atoms. The van der Waals surface area contributed by atoms with Crippen LogP contribution in [0.5, 0.6) is 0 Å². The molecule has 0 heterocycles. The molecule has 0 saturated carbocycles. The van der Waals surface area contributed by atoms with Gasteiger partial charge in [0.1, 0.15) is 6.04 Å². The van der Waals surface area contributed by atoms with E-state index in [2.05, 4.69) is 6.92 Å². The van der Waals surface area contributed by atoms with E-state index in [-0.39, 0.29) is 29.6 Å².